The molecule has 0 radical (unpaired) electrons. The second-order valence-corrected chi connectivity index (χ2v) is 7.27. The molecule has 0 spiro atoms. The number of rotatable bonds is 6. The van der Waals surface area contributed by atoms with Crippen molar-refractivity contribution in [2.75, 3.05) is 5.75 Å². The monoisotopic (exact) mass is 368 g/mol. The average Bonchev–Trinajstić information content (AvgIpc) is 3.16. The third kappa shape index (κ3) is 3.65. The normalized spacial score (nSPS) is 31.4. The average molecular weight is 368 g/mol. The van der Waals surface area contributed by atoms with Crippen molar-refractivity contribution in [3.8, 4) is 0 Å². The molecule has 1 unspecified atom stereocenters. The van der Waals surface area contributed by atoms with Crippen LogP contribution in [-0.2, 0) is 19.2 Å². The molecule has 3 saturated heterocycles. The molecule has 0 aromatic carbocycles. The van der Waals surface area contributed by atoms with Gasteiger partial charge in [-0.25, -0.2) is 9.59 Å². The largest absolute Gasteiger partial charge is 0.476 e. The van der Waals surface area contributed by atoms with Crippen LogP contribution in [0.15, 0.2) is 4.99 Å². The lowest BCUT2D eigenvalue weighted by Gasteiger charge is -2.16. The van der Waals surface area contributed by atoms with E-state index < -0.39 is 35.3 Å². The standard InChI is InChI=1S/C14H16N4O6S/c19-7(1-2-8-10-6(4-25-8)16-14(24)18-10)11(13(22)23)15-5-3-9(20)17-12(5)21/h5-6,8,10H,1-4H2,(H,22,23)(H2,16,18,24)(H,17,20,21)/t5?,6-,8-,10-/m0/s1. The summed E-state index contributed by atoms with van der Waals surface area (Å²) in [6.45, 7) is 0. The third-order valence-corrected chi connectivity index (χ3v) is 5.80. The number of thioether (sulfide) groups is 1. The lowest BCUT2D eigenvalue weighted by molar-refractivity contribution is -0.130. The number of carbonyl (C=O) groups is 5. The highest BCUT2D eigenvalue weighted by atomic mass is 32.2. The van der Waals surface area contributed by atoms with E-state index in [2.05, 4.69) is 15.6 Å². The zero-order valence-corrected chi connectivity index (χ0v) is 13.8. The molecule has 3 heterocycles. The van der Waals surface area contributed by atoms with Crippen LogP contribution in [0.3, 0.4) is 0 Å². The molecule has 0 aliphatic carbocycles. The molecule has 3 rings (SSSR count). The van der Waals surface area contributed by atoms with Gasteiger partial charge in [-0.1, -0.05) is 0 Å². The van der Waals surface area contributed by atoms with Gasteiger partial charge in [0.05, 0.1) is 18.5 Å². The molecule has 25 heavy (non-hydrogen) atoms. The predicted molar refractivity (Wildman–Crippen MR) is 86.4 cm³/mol. The van der Waals surface area contributed by atoms with Gasteiger partial charge in [-0.05, 0) is 6.42 Å². The lowest BCUT2D eigenvalue weighted by Crippen LogP contribution is -2.37. The maximum absolute atomic E-state index is 12.2. The summed E-state index contributed by atoms with van der Waals surface area (Å²) in [5.41, 5.74) is -0.719. The minimum atomic E-state index is -1.52. The molecule has 0 aromatic heterocycles. The Hall–Kier alpha value is -2.43. The number of hydrogen-bond acceptors (Lipinski definition) is 7. The SMILES string of the molecule is O=C1CC(N=C(C(=O)O)C(=O)CC[C@@H]2SC[C@@H]3NC(=O)N[C@@H]32)C(=O)N1. The summed E-state index contributed by atoms with van der Waals surface area (Å²) in [6.07, 6.45) is 0.0573. The molecule has 11 heteroatoms. The number of imide groups is 1. The van der Waals surface area contributed by atoms with Crippen molar-refractivity contribution in [3.05, 3.63) is 0 Å². The first kappa shape index (κ1) is 17.4. The fourth-order valence-electron chi connectivity index (χ4n) is 3.08. The van der Waals surface area contributed by atoms with Crippen LogP contribution in [0.1, 0.15) is 19.3 Å². The van der Waals surface area contributed by atoms with E-state index in [-0.39, 0.29) is 36.2 Å². The molecule has 0 saturated carbocycles. The van der Waals surface area contributed by atoms with Crippen molar-refractivity contribution in [2.24, 2.45) is 4.99 Å². The van der Waals surface area contributed by atoms with E-state index in [9.17, 15) is 29.1 Å². The van der Waals surface area contributed by atoms with Crippen molar-refractivity contribution < 1.29 is 29.1 Å². The molecule has 4 N–H and O–H groups in total. The number of Topliss-reactive ketones (excluding diaryl/α,β-unsaturated/α-hetero) is 1. The van der Waals surface area contributed by atoms with Crippen molar-refractivity contribution in [1.29, 1.82) is 0 Å². The minimum Gasteiger partial charge on any atom is -0.476 e. The van der Waals surface area contributed by atoms with Crippen LogP contribution < -0.4 is 16.0 Å². The number of urea groups is 1. The van der Waals surface area contributed by atoms with Crippen LogP contribution in [0.25, 0.3) is 0 Å². The Kier molecular flexibility index (Phi) is 4.75. The van der Waals surface area contributed by atoms with Crippen LogP contribution in [0.4, 0.5) is 4.79 Å². The highest BCUT2D eigenvalue weighted by molar-refractivity contribution is 8.00. The van der Waals surface area contributed by atoms with Crippen LogP contribution in [0, 0.1) is 0 Å². The van der Waals surface area contributed by atoms with Gasteiger partial charge in [0.25, 0.3) is 5.91 Å². The number of carbonyl (C=O) groups excluding carboxylic acids is 4. The predicted octanol–water partition coefficient (Wildman–Crippen LogP) is -1.56. The molecular formula is C14H16N4O6S. The van der Waals surface area contributed by atoms with Gasteiger partial charge in [0.2, 0.25) is 5.91 Å². The molecule has 4 atom stereocenters. The summed E-state index contributed by atoms with van der Waals surface area (Å²) in [5, 5.41) is 16.8. The van der Waals surface area contributed by atoms with Crippen molar-refractivity contribution in [2.45, 2.75) is 42.6 Å². The Morgan fingerprint density at radius 2 is 2.00 bits per heavy atom. The maximum Gasteiger partial charge on any atom is 0.357 e. The van der Waals surface area contributed by atoms with Gasteiger partial charge in [-0.15, -0.1) is 0 Å². The van der Waals surface area contributed by atoms with Crippen LogP contribution in [-0.4, -0.2) is 69.5 Å². The molecule has 3 fully saturated rings. The van der Waals surface area contributed by atoms with Gasteiger partial charge in [-0.2, -0.15) is 11.8 Å². The molecular weight excluding hydrogens is 352 g/mol. The second-order valence-electron chi connectivity index (χ2n) is 6.00. The summed E-state index contributed by atoms with van der Waals surface area (Å²) in [4.78, 5) is 61.2. The Bertz CT molecular complexity index is 693. The molecule has 4 amide bonds. The lowest BCUT2D eigenvalue weighted by atomic mass is 10.0. The van der Waals surface area contributed by atoms with E-state index in [1.54, 1.807) is 11.8 Å². The Labute approximate surface area is 146 Å². The number of hydrogen-bond donors (Lipinski definition) is 4. The van der Waals surface area contributed by atoms with Gasteiger partial charge in [-0.3, -0.25) is 24.7 Å². The van der Waals surface area contributed by atoms with E-state index in [0.29, 0.717) is 6.42 Å². The van der Waals surface area contributed by atoms with Crippen LogP contribution in [0.2, 0.25) is 0 Å². The number of aliphatic carboxylic acids is 1. The fourth-order valence-corrected chi connectivity index (χ4v) is 4.58. The number of carboxylic acid groups (broad SMARTS) is 1. The van der Waals surface area contributed by atoms with E-state index in [0.717, 1.165) is 5.75 Å². The molecule has 10 nitrogen and oxygen atoms in total. The second kappa shape index (κ2) is 6.82. The smallest absolute Gasteiger partial charge is 0.357 e. The van der Waals surface area contributed by atoms with Crippen molar-refractivity contribution in [1.82, 2.24) is 16.0 Å². The number of amides is 4. The van der Waals surface area contributed by atoms with Crippen LogP contribution in [0.5, 0.6) is 0 Å². The number of aliphatic imine (C=N–C) groups is 1. The van der Waals surface area contributed by atoms with E-state index in [1.165, 1.54) is 0 Å². The topological polar surface area (TPSA) is 154 Å². The molecule has 134 valence electrons. The maximum atomic E-state index is 12.2. The first-order valence-corrected chi connectivity index (χ1v) is 8.76. The Morgan fingerprint density at radius 3 is 2.64 bits per heavy atom. The number of nitrogens with one attached hydrogen (secondary N) is 3. The summed E-state index contributed by atoms with van der Waals surface area (Å²) in [6, 6.07) is -1.49. The third-order valence-electron chi connectivity index (χ3n) is 4.29. The van der Waals surface area contributed by atoms with Gasteiger partial charge in [0.15, 0.2) is 11.5 Å². The first-order valence-electron chi connectivity index (χ1n) is 7.71. The van der Waals surface area contributed by atoms with Gasteiger partial charge < -0.3 is 15.7 Å². The summed E-state index contributed by atoms with van der Waals surface area (Å²) < 4.78 is 0. The highest BCUT2D eigenvalue weighted by Gasteiger charge is 2.43. The van der Waals surface area contributed by atoms with E-state index in [1.807, 2.05) is 5.32 Å². The molecule has 0 aromatic rings. The molecule has 3 aliphatic rings. The van der Waals surface area contributed by atoms with E-state index in [4.69, 9.17) is 0 Å². The quantitative estimate of drug-likeness (QED) is 0.191. The van der Waals surface area contributed by atoms with Gasteiger partial charge in [0, 0.05) is 17.4 Å². The molecule has 0 bridgehead atoms. The fraction of sp³-hybridized carbons (Fsp3) is 0.571. The molecule has 3 aliphatic heterocycles. The zero-order valence-electron chi connectivity index (χ0n) is 13.0. The zero-order chi connectivity index (χ0) is 18.1. The number of fused-ring (bicyclic) bond motifs is 1. The Morgan fingerprint density at radius 1 is 1.24 bits per heavy atom. The van der Waals surface area contributed by atoms with Crippen molar-refractivity contribution >= 4 is 47.1 Å². The summed E-state index contributed by atoms with van der Waals surface area (Å²) in [7, 11) is 0. The van der Waals surface area contributed by atoms with Gasteiger partial charge in [0.1, 0.15) is 6.04 Å². The first-order chi connectivity index (χ1) is 11.8. The Balaban J connectivity index is 1.62. The highest BCUT2D eigenvalue weighted by Crippen LogP contribution is 2.32. The number of nitrogens with zero attached hydrogens (tertiary/aromatic N) is 1. The van der Waals surface area contributed by atoms with Gasteiger partial charge >= 0.3 is 12.0 Å². The summed E-state index contributed by atoms with van der Waals surface area (Å²) in [5.74, 6) is -2.74. The van der Waals surface area contributed by atoms with Crippen LogP contribution >= 0.6 is 11.8 Å². The number of ketones is 1. The number of carboxylic acids is 1. The van der Waals surface area contributed by atoms with E-state index >= 15 is 0 Å². The van der Waals surface area contributed by atoms with Crippen molar-refractivity contribution in [3.63, 3.8) is 0 Å². The minimum absolute atomic E-state index is 0.000646. The summed E-state index contributed by atoms with van der Waals surface area (Å²) >= 11 is 1.61.